The normalized spacial score (nSPS) is 14.8. The Morgan fingerprint density at radius 1 is 0.528 bits per heavy atom. The van der Waals surface area contributed by atoms with E-state index >= 15 is 0 Å². The summed E-state index contributed by atoms with van der Waals surface area (Å²) in [5.41, 5.74) is 21.5. The van der Waals surface area contributed by atoms with Crippen LogP contribution in [0, 0.1) is 0 Å². The first-order valence-electron chi connectivity index (χ1n) is 16.6. The predicted octanol–water partition coefficient (Wildman–Crippen LogP) is -5.41. The highest BCUT2D eigenvalue weighted by molar-refractivity contribution is 5.97. The van der Waals surface area contributed by atoms with Crippen molar-refractivity contribution in [3.63, 3.8) is 0 Å². The van der Waals surface area contributed by atoms with Crippen LogP contribution in [0.3, 0.4) is 0 Å². The molecule has 0 aliphatic carbocycles. The molecule has 0 aliphatic rings. The zero-order valence-corrected chi connectivity index (χ0v) is 29.2. The molecule has 0 aromatic carbocycles. The van der Waals surface area contributed by atoms with E-state index in [1.54, 1.807) is 0 Å². The first-order valence-corrected chi connectivity index (χ1v) is 16.6. The van der Waals surface area contributed by atoms with E-state index in [-0.39, 0.29) is 19.4 Å². The molecule has 23 nitrogen and oxygen atoms in total. The Hall–Kier alpha value is -5.42. The van der Waals surface area contributed by atoms with E-state index in [0.29, 0.717) is 12.8 Å². The number of primary amides is 2. The van der Waals surface area contributed by atoms with Gasteiger partial charge in [0, 0.05) is 25.7 Å². The lowest BCUT2D eigenvalue weighted by atomic mass is 10.0. The van der Waals surface area contributed by atoms with Gasteiger partial charge in [0.2, 0.25) is 41.4 Å². The van der Waals surface area contributed by atoms with Gasteiger partial charge in [0.25, 0.3) is 0 Å². The minimum Gasteiger partial charge on any atom is -0.481 e. The number of carbonyl (C=O) groups is 10. The van der Waals surface area contributed by atoms with Crippen molar-refractivity contribution in [3.05, 3.63) is 0 Å². The first-order chi connectivity index (χ1) is 24.7. The van der Waals surface area contributed by atoms with Crippen LogP contribution < -0.4 is 49.5 Å². The van der Waals surface area contributed by atoms with E-state index in [1.807, 2.05) is 0 Å². The SMILES string of the molecule is C[C@@H](O)[C@H](NC(=O)[C@H](CCC(=O)O)NC(=O)[C@@H](N)CCC(=O)O)C(=O)N[C@@H](CCC(N)=O)C(=O)N[C@@H](CCC(N)=O)C(=O)N[C@@H](CCCCN)C(=O)O. The average molecular weight is 762 g/mol. The lowest BCUT2D eigenvalue weighted by Gasteiger charge is -2.28. The number of unbranched alkanes of at least 4 members (excludes halogenated alkanes) is 1. The van der Waals surface area contributed by atoms with Gasteiger partial charge in [-0.3, -0.25) is 43.2 Å². The van der Waals surface area contributed by atoms with E-state index in [2.05, 4.69) is 26.6 Å². The largest absolute Gasteiger partial charge is 0.481 e. The minimum atomic E-state index is -1.88. The molecule has 0 aromatic heterocycles. The van der Waals surface area contributed by atoms with Crippen molar-refractivity contribution < 1.29 is 68.4 Å². The quantitative estimate of drug-likeness (QED) is 0.0331. The molecule has 0 aromatic rings. The van der Waals surface area contributed by atoms with Crippen LogP contribution in [0.2, 0.25) is 0 Å². The molecule has 23 heteroatoms. The van der Waals surface area contributed by atoms with Crippen molar-refractivity contribution in [1.82, 2.24) is 26.6 Å². The zero-order chi connectivity index (χ0) is 40.8. The van der Waals surface area contributed by atoms with Crippen molar-refractivity contribution in [2.75, 3.05) is 6.54 Å². The number of aliphatic carboxylic acids is 3. The second-order valence-corrected chi connectivity index (χ2v) is 12.1. The number of hydrogen-bond acceptors (Lipinski definition) is 13. The number of carboxylic acids is 3. The molecular formula is C30H51N9O14. The fourth-order valence-electron chi connectivity index (χ4n) is 4.55. The highest BCUT2D eigenvalue weighted by atomic mass is 16.4. The lowest BCUT2D eigenvalue weighted by molar-refractivity contribution is -0.142. The van der Waals surface area contributed by atoms with Crippen LogP contribution in [0.5, 0.6) is 0 Å². The van der Waals surface area contributed by atoms with E-state index < -0.39 is 147 Å². The molecule has 0 bridgehead atoms. The van der Waals surface area contributed by atoms with Gasteiger partial charge in [-0.1, -0.05) is 0 Å². The molecule has 300 valence electrons. The third-order valence-electron chi connectivity index (χ3n) is 7.53. The maximum absolute atomic E-state index is 13.4. The molecule has 0 saturated carbocycles. The van der Waals surface area contributed by atoms with Crippen molar-refractivity contribution in [2.45, 2.75) is 120 Å². The first kappa shape index (κ1) is 47.6. The molecular weight excluding hydrogens is 710 g/mol. The van der Waals surface area contributed by atoms with Crippen molar-refractivity contribution in [2.24, 2.45) is 22.9 Å². The Morgan fingerprint density at radius 2 is 0.925 bits per heavy atom. The highest BCUT2D eigenvalue weighted by Gasteiger charge is 2.35. The zero-order valence-electron chi connectivity index (χ0n) is 29.2. The number of carboxylic acid groups (broad SMARTS) is 3. The van der Waals surface area contributed by atoms with E-state index in [0.717, 1.165) is 6.92 Å². The Morgan fingerprint density at radius 3 is 1.34 bits per heavy atom. The molecule has 7 amide bonds. The van der Waals surface area contributed by atoms with Crippen molar-refractivity contribution in [3.8, 4) is 0 Å². The molecule has 0 radical (unpaired) electrons. The third-order valence-corrected chi connectivity index (χ3v) is 7.53. The van der Waals surface area contributed by atoms with Crippen LogP contribution in [0.15, 0.2) is 0 Å². The number of hydrogen-bond donors (Lipinski definition) is 13. The van der Waals surface area contributed by atoms with Gasteiger partial charge in [-0.15, -0.1) is 0 Å². The van der Waals surface area contributed by atoms with Crippen LogP contribution in [-0.2, 0) is 47.9 Å². The molecule has 7 atom stereocenters. The smallest absolute Gasteiger partial charge is 0.326 e. The molecule has 0 fully saturated rings. The summed E-state index contributed by atoms with van der Waals surface area (Å²) >= 11 is 0. The number of amides is 7. The Labute approximate surface area is 303 Å². The summed E-state index contributed by atoms with van der Waals surface area (Å²) < 4.78 is 0. The van der Waals surface area contributed by atoms with Gasteiger partial charge in [0.1, 0.15) is 30.2 Å². The summed E-state index contributed by atoms with van der Waals surface area (Å²) in [6, 6.07) is -9.60. The topological polar surface area (TPSA) is 416 Å². The number of nitrogens with two attached hydrogens (primary N) is 4. The van der Waals surface area contributed by atoms with E-state index in [9.17, 15) is 58.2 Å². The fraction of sp³-hybridized carbons (Fsp3) is 0.667. The molecule has 53 heavy (non-hydrogen) atoms. The van der Waals surface area contributed by atoms with E-state index in [1.165, 1.54) is 0 Å². The second kappa shape index (κ2) is 24.7. The van der Waals surface area contributed by atoms with Gasteiger partial charge >= 0.3 is 17.9 Å². The molecule has 17 N–H and O–H groups in total. The standard InChI is InChI=1S/C30H51N9O14/c1-14(40)24(39-28(50)18(8-12-23(45)46)35-25(47)15(32)5-11-22(43)44)29(51)37-17(7-10-21(34)42)26(48)36-16(6-9-20(33)41)27(49)38-19(30(52)53)4-2-3-13-31/h14-19,24,40H,2-13,31-32H2,1H3,(H2,33,41)(H2,34,42)(H,35,47)(H,36,48)(H,37,51)(H,38,49)(H,39,50)(H,43,44)(H,45,46)(H,52,53)/t14-,15+,16+,17+,18+,19+,24+/m1/s1. The average Bonchev–Trinajstić information content (AvgIpc) is 3.06. The summed E-state index contributed by atoms with van der Waals surface area (Å²) in [5.74, 6) is -11.4. The van der Waals surface area contributed by atoms with Crippen molar-refractivity contribution in [1.29, 1.82) is 0 Å². The van der Waals surface area contributed by atoms with Crippen LogP contribution >= 0.6 is 0 Å². The Balaban J connectivity index is 6.20. The van der Waals surface area contributed by atoms with Gasteiger partial charge in [0.05, 0.1) is 12.1 Å². The van der Waals surface area contributed by atoms with Gasteiger partial charge in [-0.05, 0) is 58.4 Å². The summed E-state index contributed by atoms with van der Waals surface area (Å²) in [7, 11) is 0. The molecule has 0 heterocycles. The van der Waals surface area contributed by atoms with Gasteiger partial charge in [0.15, 0.2) is 0 Å². The number of carbonyl (C=O) groups excluding carboxylic acids is 7. The fourth-order valence-corrected chi connectivity index (χ4v) is 4.55. The number of aliphatic hydroxyl groups is 1. The van der Waals surface area contributed by atoms with Crippen LogP contribution in [0.25, 0.3) is 0 Å². The summed E-state index contributed by atoms with van der Waals surface area (Å²) in [6.07, 6.45) is -4.78. The van der Waals surface area contributed by atoms with Gasteiger partial charge in [-0.25, -0.2) is 4.79 Å². The Kier molecular flexibility index (Phi) is 22.2. The summed E-state index contributed by atoms with van der Waals surface area (Å²) in [5, 5.41) is 49.0. The second-order valence-electron chi connectivity index (χ2n) is 12.1. The monoisotopic (exact) mass is 761 g/mol. The lowest BCUT2D eigenvalue weighted by Crippen LogP contribution is -2.61. The van der Waals surface area contributed by atoms with Crippen molar-refractivity contribution >= 4 is 59.3 Å². The van der Waals surface area contributed by atoms with Gasteiger partial charge < -0.3 is 69.9 Å². The number of aliphatic hydroxyl groups excluding tert-OH is 1. The van der Waals surface area contributed by atoms with Crippen LogP contribution in [-0.4, -0.2) is 129 Å². The molecule has 0 unspecified atom stereocenters. The number of nitrogens with one attached hydrogen (secondary N) is 5. The third kappa shape index (κ3) is 20.3. The molecule has 0 saturated heterocycles. The molecule has 0 spiro atoms. The highest BCUT2D eigenvalue weighted by Crippen LogP contribution is 2.08. The molecule has 0 rings (SSSR count). The summed E-state index contributed by atoms with van der Waals surface area (Å²) in [6.45, 7) is 1.33. The van der Waals surface area contributed by atoms with Gasteiger partial charge in [-0.2, -0.15) is 0 Å². The van der Waals surface area contributed by atoms with Crippen LogP contribution in [0.1, 0.15) is 77.6 Å². The predicted molar refractivity (Wildman–Crippen MR) is 180 cm³/mol. The minimum absolute atomic E-state index is 0.0170. The number of rotatable bonds is 28. The molecule has 0 aliphatic heterocycles. The van der Waals surface area contributed by atoms with Crippen LogP contribution in [0.4, 0.5) is 0 Å². The van der Waals surface area contributed by atoms with E-state index in [4.69, 9.17) is 33.1 Å². The maximum Gasteiger partial charge on any atom is 0.326 e. The Bertz CT molecular complexity index is 1330. The summed E-state index contributed by atoms with van der Waals surface area (Å²) in [4.78, 5) is 122. The maximum atomic E-state index is 13.4.